The summed E-state index contributed by atoms with van der Waals surface area (Å²) in [4.78, 5) is 40.6. The van der Waals surface area contributed by atoms with E-state index >= 15 is 0 Å². The van der Waals surface area contributed by atoms with Crippen LogP contribution in [0.1, 0.15) is 130 Å². The minimum absolute atomic E-state index is 0. The molecule has 21 N–H and O–H groups in total. The van der Waals surface area contributed by atoms with E-state index in [1.165, 1.54) is 66.4 Å². The maximum atomic E-state index is 11.7. The van der Waals surface area contributed by atoms with Crippen LogP contribution in [0.4, 0.5) is 0 Å². The molecule has 8 aliphatic rings. The number of nitroso groups, excluding NO2 is 1. The van der Waals surface area contributed by atoms with Gasteiger partial charge in [-0.1, -0.05) is 0 Å². The number of carbonyl (C=O) groups excluding carboxylic acids is 1. The van der Waals surface area contributed by atoms with Crippen LogP contribution in [-0.4, -0.2) is 329 Å². The van der Waals surface area contributed by atoms with E-state index in [4.69, 9.17) is 91.3 Å². The number of alkyl halides is 1. The third kappa shape index (κ3) is 34.4. The minimum Gasteiger partial charge on any atom is -1.00 e. The van der Waals surface area contributed by atoms with Crippen LogP contribution < -0.4 is 29.6 Å². The van der Waals surface area contributed by atoms with E-state index in [2.05, 4.69) is 39.6 Å². The molecule has 0 aromatic rings. The molecule has 8 fully saturated rings. The Morgan fingerprint density at radius 2 is 0.968 bits per heavy atom. The quantitative estimate of drug-likeness (QED) is 0.0355. The van der Waals surface area contributed by atoms with Gasteiger partial charge in [-0.2, -0.15) is 5.06 Å². The monoisotopic (exact) mass is 1630 g/mol. The Balaban J connectivity index is -0.000000139. The molecule has 0 aliphatic carbocycles. The Morgan fingerprint density at radius 3 is 1.25 bits per heavy atom. The van der Waals surface area contributed by atoms with Gasteiger partial charge >= 0.3 is 35.5 Å². The van der Waals surface area contributed by atoms with Gasteiger partial charge in [-0.25, -0.2) is 4.79 Å². The number of methoxy groups -OCH3 is 2. The molecule has 3 radical (unpaired) electrons. The van der Waals surface area contributed by atoms with Gasteiger partial charge in [-0.05, 0) is 104 Å². The van der Waals surface area contributed by atoms with Crippen molar-refractivity contribution >= 4 is 89.8 Å². The van der Waals surface area contributed by atoms with E-state index in [1.54, 1.807) is 20.8 Å². The molecule has 20 atom stereocenters. The second-order valence-electron chi connectivity index (χ2n) is 23.2. The minimum atomic E-state index is -1.87. The number of aldehydes is 1. The van der Waals surface area contributed by atoms with Gasteiger partial charge in [-0.3, -0.25) is 9.45 Å². The molecule has 7 unspecified atom stereocenters. The summed E-state index contributed by atoms with van der Waals surface area (Å²) in [6.45, 7) is 24.5. The summed E-state index contributed by atoms with van der Waals surface area (Å²) in [5, 5.41) is 140. The third-order valence-electron chi connectivity index (χ3n) is 14.3. The number of halogens is 4. The smallest absolute Gasteiger partial charge is 1.00 e. The number of nitrogens with zero attached hydrogens (tertiary/aromatic N) is 2. The van der Waals surface area contributed by atoms with Crippen LogP contribution in [0.3, 0.4) is 0 Å². The summed E-state index contributed by atoms with van der Waals surface area (Å²) >= 11 is 7.08. The first-order valence-corrected chi connectivity index (χ1v) is 30.9. The molecule has 0 aromatic carbocycles. The number of carboxylic acids is 2. The molecular formula is C54H112BBrCl2IN2NaO33+. The number of carboxylic acid groups (broad SMARTS) is 2. The van der Waals surface area contributed by atoms with E-state index in [1.807, 2.05) is 44.0 Å². The fourth-order valence-corrected chi connectivity index (χ4v) is 10.9. The summed E-state index contributed by atoms with van der Waals surface area (Å²) in [5.74, 6) is -2.35. The van der Waals surface area contributed by atoms with Crippen LogP contribution >= 0.6 is 63.1 Å². The van der Waals surface area contributed by atoms with Crippen molar-refractivity contribution in [2.45, 2.75) is 271 Å². The zero-order valence-corrected chi connectivity index (χ0v) is 64.2. The van der Waals surface area contributed by atoms with Crippen LogP contribution in [0, 0.1) is 4.91 Å². The summed E-state index contributed by atoms with van der Waals surface area (Å²) in [6.07, 6.45) is -15.3. The number of hydrogen-bond acceptors (Lipinski definition) is 30. The molecule has 95 heavy (non-hydrogen) atoms. The van der Waals surface area contributed by atoms with E-state index in [9.17, 15) is 60.9 Å². The average Bonchev–Trinajstić information content (AvgIpc) is 1.40. The summed E-state index contributed by atoms with van der Waals surface area (Å²) < 4.78 is 66.1. The number of carbonyl (C=O) groups is 3. The fraction of sp³-hybridized carbons (Fsp3) is 0.944. The topological polar surface area (TPSA) is 574 Å². The molecule has 8 aliphatic heterocycles. The zero-order valence-electron chi connectivity index (χ0n) is 57.9. The number of piperidine rings is 2. The van der Waals surface area contributed by atoms with Gasteiger partial charge < -0.3 is 145 Å². The van der Waals surface area contributed by atoms with Crippen LogP contribution in [-0.2, 0) is 61.8 Å². The summed E-state index contributed by atoms with van der Waals surface area (Å²) in [7, 11) is 2.75. The predicted octanol–water partition coefficient (Wildman–Crippen LogP) is -5.39. The first kappa shape index (κ1) is 111. The molecule has 0 amide bonds. The van der Waals surface area contributed by atoms with E-state index < -0.39 is 139 Å². The molecule has 35 nitrogen and oxygen atoms in total. The Kier molecular flexibility index (Phi) is 63.7. The van der Waals surface area contributed by atoms with Crippen molar-refractivity contribution in [2.75, 3.05) is 53.9 Å². The number of aliphatic hydroxyl groups is 12. The molecule has 0 aromatic heterocycles. The normalized spacial score (nSPS) is 34.8. The molecule has 8 rings (SSSR count). The number of fused-ring (bicyclic) bond motifs is 4. The first-order chi connectivity index (χ1) is 41.8. The summed E-state index contributed by atoms with van der Waals surface area (Å²) in [5.41, 5.74) is -0.382. The number of hydrogen-bond donors (Lipinski definition) is 17. The Bertz CT molecular complexity index is 1950. The van der Waals surface area contributed by atoms with Gasteiger partial charge in [0.25, 0.3) is 5.97 Å². The summed E-state index contributed by atoms with van der Waals surface area (Å²) in [6, 6.07) is 0. The van der Waals surface area contributed by atoms with Crippen molar-refractivity contribution in [3.63, 3.8) is 0 Å². The van der Waals surface area contributed by atoms with Crippen molar-refractivity contribution in [1.82, 2.24) is 5.06 Å². The SMILES string of the molecule is CC(=O)O.CC1(C)CCCC(C)(C)N1O.CC1(C)CCCC(C)(C)[N+]1=O.CC=O.CCO.CCO.CCO.CO[C@@H]1OC2COC([C@@H]2OC2OC(CO)[C@@](O)(I)[C@H](O)[C@@H]2O)[C@H]1O.CO[C@@H]1OC2COC([C@@H]2O[C@@H]2OC(C(=O)O)[C@H](O)[C@H](O)[C@@H]2O)[C@H]1O.Cl.O.O.OBr.OCl.[B].[H-].[Na+]. The Hall–Kier alpha value is -0.0551. The van der Waals surface area contributed by atoms with Gasteiger partial charge in [0.2, 0.25) is 11.1 Å². The van der Waals surface area contributed by atoms with Crippen LogP contribution in [0.15, 0.2) is 0 Å². The molecule has 0 saturated carbocycles. The van der Waals surface area contributed by atoms with Crippen molar-refractivity contribution < 1.29 is 194 Å². The fourth-order valence-electron chi connectivity index (χ4n) is 10.2. The maximum Gasteiger partial charge on any atom is 1.00 e. The van der Waals surface area contributed by atoms with E-state index in [0.29, 0.717) is 0 Å². The predicted molar refractivity (Wildman–Crippen MR) is 349 cm³/mol. The van der Waals surface area contributed by atoms with E-state index in [-0.39, 0.29) is 118 Å². The van der Waals surface area contributed by atoms with Crippen LogP contribution in [0.2, 0.25) is 0 Å². The van der Waals surface area contributed by atoms with Crippen molar-refractivity contribution in [3.05, 3.63) is 4.91 Å². The van der Waals surface area contributed by atoms with Crippen molar-refractivity contribution in [2.24, 2.45) is 0 Å². The van der Waals surface area contributed by atoms with Gasteiger partial charge in [0.1, 0.15) is 91.7 Å². The number of ether oxygens (including phenoxy) is 10. The van der Waals surface area contributed by atoms with Gasteiger partial charge in [0.05, 0.1) is 47.9 Å². The second-order valence-corrected chi connectivity index (χ2v) is 24.9. The molecule has 567 valence electrons. The first-order valence-electron chi connectivity index (χ1n) is 28.7. The largest absolute Gasteiger partial charge is 1.00 e. The van der Waals surface area contributed by atoms with Crippen LogP contribution in [0.5, 0.6) is 0 Å². The van der Waals surface area contributed by atoms with Crippen molar-refractivity contribution in [1.29, 1.82) is 0 Å². The molecule has 0 spiro atoms. The van der Waals surface area contributed by atoms with Crippen LogP contribution in [0.25, 0.3) is 0 Å². The van der Waals surface area contributed by atoms with Crippen molar-refractivity contribution in [3.8, 4) is 0 Å². The molecule has 8 heterocycles. The molecule has 41 heteroatoms. The van der Waals surface area contributed by atoms with Gasteiger partial charge in [-0.15, -0.1) is 12.4 Å². The van der Waals surface area contributed by atoms with Gasteiger partial charge in [0, 0.05) is 111 Å². The standard InChI is InChI=1S/C13H21IO10.C13H20O11.C9H19NO.C9H18NO.C2H4O2.3C2H6O.C2H4O.B.BrHO.ClHO.ClH.Na.2H2O.H/c1-20-11-6(16)9-8(4(22-11)3-21-9)24-12-7(17)10(18)13(14,19)5(2-15)23-12;1-20-12-7(17)9-8(3(22-12)2-21-9)23-13-6(16)4(14)5(15)10(24-13)11(18)19;2*1-8(2)6-5-7-9(3,4)10(8)11;1-2(3)4;4*1-2-3;;2*1-2;;;;;/h4-12,15-19H,2-3H2,1H3;3-10,12-17H,2H2,1H3,(H,18,19);11H,5-7H2,1-4H3;5-7H2,1-4H3;1H3,(H,3,4);3*3H,2H2,1H3;2H,1H3;;2*2H;1H;;2*1H2;/q;;;+1;;;;;;;;;;+1;;;-1/t4?,5?,6-,7+,8-,9?,10-,11-,12?,13+;3?,4-,5+,6-,7+,8+,9?,10?,12+,13+;;;;;;;;;;;;;;;/m10.............../s1. The molecular weight excluding hydrogens is 1520 g/mol. The Labute approximate surface area is 614 Å². The molecule has 4 bridgehead atoms. The maximum absolute atomic E-state index is 11.7. The average molecular weight is 1630 g/mol. The van der Waals surface area contributed by atoms with E-state index in [0.717, 1.165) is 38.9 Å². The molecule has 8 saturated heterocycles. The number of aliphatic carboxylic acids is 2. The zero-order chi connectivity index (χ0) is 71.0. The third-order valence-corrected chi connectivity index (χ3v) is 15.7. The Morgan fingerprint density at radius 1 is 0.653 bits per heavy atom. The number of hydroxylamine groups is 2. The number of rotatable bonds is 8. The number of aliphatic hydroxyl groups excluding tert-OH is 11. The van der Waals surface area contributed by atoms with Gasteiger partial charge in [0.15, 0.2) is 34.9 Å². The second kappa shape index (κ2) is 54.6.